The summed E-state index contributed by atoms with van der Waals surface area (Å²) in [4.78, 5) is 34.9. The van der Waals surface area contributed by atoms with Crippen LogP contribution < -0.4 is 10.2 Å². The normalized spacial score (nSPS) is 15.7. The molecule has 0 aromatic heterocycles. The van der Waals surface area contributed by atoms with E-state index in [-0.39, 0.29) is 5.92 Å². The summed E-state index contributed by atoms with van der Waals surface area (Å²) in [7, 11) is 0. The van der Waals surface area contributed by atoms with Crippen molar-refractivity contribution in [3.05, 3.63) is 29.8 Å². The Labute approximate surface area is 98.4 Å². The Morgan fingerprint density at radius 3 is 2.41 bits per heavy atom. The Kier molecular flexibility index (Phi) is 2.67. The van der Waals surface area contributed by atoms with E-state index in [1.165, 1.54) is 0 Å². The maximum absolute atomic E-state index is 11.5. The van der Waals surface area contributed by atoms with Gasteiger partial charge in [-0.2, -0.15) is 0 Å². The number of rotatable bonds is 2. The first kappa shape index (κ1) is 11.3. The van der Waals surface area contributed by atoms with E-state index >= 15 is 0 Å². The first-order valence-corrected chi connectivity index (χ1v) is 5.30. The van der Waals surface area contributed by atoms with E-state index in [0.29, 0.717) is 5.69 Å². The van der Waals surface area contributed by atoms with Crippen LogP contribution in [0, 0.1) is 0 Å². The van der Waals surface area contributed by atoms with Gasteiger partial charge in [-0.1, -0.05) is 26.0 Å². The van der Waals surface area contributed by atoms with Crippen molar-refractivity contribution < 1.29 is 14.4 Å². The summed E-state index contributed by atoms with van der Waals surface area (Å²) in [5.74, 6) is -1.44. The van der Waals surface area contributed by atoms with Gasteiger partial charge in [0.25, 0.3) is 0 Å². The zero-order chi connectivity index (χ0) is 12.6. The van der Waals surface area contributed by atoms with Crippen LogP contribution in [0.1, 0.15) is 25.3 Å². The van der Waals surface area contributed by atoms with Crippen molar-refractivity contribution >= 4 is 23.5 Å². The van der Waals surface area contributed by atoms with Gasteiger partial charge < -0.3 is 0 Å². The van der Waals surface area contributed by atoms with Crippen molar-refractivity contribution in [2.75, 3.05) is 4.90 Å². The SMILES string of the molecule is CC(C)c1cccc(N2C(=O)NC(=O)C2=O)c1. The van der Waals surface area contributed by atoms with Crippen molar-refractivity contribution in [2.24, 2.45) is 0 Å². The van der Waals surface area contributed by atoms with Gasteiger partial charge in [0.15, 0.2) is 0 Å². The molecular weight excluding hydrogens is 220 g/mol. The third-order valence-corrected chi connectivity index (χ3v) is 2.62. The van der Waals surface area contributed by atoms with Gasteiger partial charge in [0.1, 0.15) is 0 Å². The summed E-state index contributed by atoms with van der Waals surface area (Å²) in [5.41, 5.74) is 1.42. The lowest BCUT2D eigenvalue weighted by molar-refractivity contribution is -0.134. The van der Waals surface area contributed by atoms with Crippen LogP contribution >= 0.6 is 0 Å². The number of urea groups is 1. The van der Waals surface area contributed by atoms with Crippen molar-refractivity contribution in [3.63, 3.8) is 0 Å². The predicted molar refractivity (Wildman–Crippen MR) is 61.6 cm³/mol. The number of nitrogens with one attached hydrogen (secondary N) is 1. The van der Waals surface area contributed by atoms with Gasteiger partial charge in [-0.05, 0) is 23.6 Å². The van der Waals surface area contributed by atoms with Gasteiger partial charge in [-0.3, -0.25) is 14.9 Å². The van der Waals surface area contributed by atoms with Crippen LogP contribution in [-0.2, 0) is 9.59 Å². The Morgan fingerprint density at radius 2 is 1.88 bits per heavy atom. The molecule has 2 rings (SSSR count). The minimum absolute atomic E-state index is 0.284. The number of imide groups is 2. The smallest absolute Gasteiger partial charge is 0.269 e. The van der Waals surface area contributed by atoms with Crippen LogP contribution in [0.3, 0.4) is 0 Å². The molecule has 0 atom stereocenters. The van der Waals surface area contributed by atoms with E-state index in [1.54, 1.807) is 18.2 Å². The summed E-state index contributed by atoms with van der Waals surface area (Å²) < 4.78 is 0. The fourth-order valence-corrected chi connectivity index (χ4v) is 1.66. The second-order valence-electron chi connectivity index (χ2n) is 4.15. The summed E-state index contributed by atoms with van der Waals surface area (Å²) in [6.45, 7) is 4.02. The summed E-state index contributed by atoms with van der Waals surface area (Å²) in [5, 5.41) is 1.96. The molecule has 17 heavy (non-hydrogen) atoms. The Morgan fingerprint density at radius 1 is 1.18 bits per heavy atom. The van der Waals surface area contributed by atoms with Crippen LogP contribution in [-0.4, -0.2) is 17.8 Å². The third-order valence-electron chi connectivity index (χ3n) is 2.62. The van der Waals surface area contributed by atoms with Crippen molar-refractivity contribution in [3.8, 4) is 0 Å². The Bertz CT molecular complexity index is 508. The molecule has 0 unspecified atom stereocenters. The molecular formula is C12H12N2O3. The minimum Gasteiger partial charge on any atom is -0.269 e. The molecule has 1 N–H and O–H groups in total. The molecule has 0 aliphatic carbocycles. The lowest BCUT2D eigenvalue weighted by Crippen LogP contribution is -2.30. The molecule has 1 heterocycles. The number of carbonyl (C=O) groups is 3. The number of hydrogen-bond donors (Lipinski definition) is 1. The summed E-state index contributed by atoms with van der Waals surface area (Å²) >= 11 is 0. The van der Waals surface area contributed by atoms with Crippen LogP contribution in [0.2, 0.25) is 0 Å². The van der Waals surface area contributed by atoms with Crippen LogP contribution in [0.5, 0.6) is 0 Å². The van der Waals surface area contributed by atoms with Gasteiger partial charge in [0.2, 0.25) is 0 Å². The molecule has 0 radical (unpaired) electrons. The molecule has 1 aliphatic heterocycles. The van der Waals surface area contributed by atoms with E-state index in [2.05, 4.69) is 0 Å². The van der Waals surface area contributed by atoms with Gasteiger partial charge in [-0.25, -0.2) is 9.69 Å². The zero-order valence-electron chi connectivity index (χ0n) is 9.56. The topological polar surface area (TPSA) is 66.5 Å². The molecule has 0 bridgehead atoms. The first-order chi connectivity index (χ1) is 8.00. The second kappa shape index (κ2) is 4.01. The highest BCUT2D eigenvalue weighted by Gasteiger charge is 2.37. The quantitative estimate of drug-likeness (QED) is 0.619. The van der Waals surface area contributed by atoms with Gasteiger partial charge in [-0.15, -0.1) is 0 Å². The highest BCUT2D eigenvalue weighted by molar-refractivity contribution is 6.53. The van der Waals surface area contributed by atoms with E-state index in [1.807, 2.05) is 25.2 Å². The second-order valence-corrected chi connectivity index (χ2v) is 4.15. The Balaban J connectivity index is 2.40. The van der Waals surface area contributed by atoms with E-state index in [0.717, 1.165) is 10.5 Å². The molecule has 5 nitrogen and oxygen atoms in total. The molecule has 5 heteroatoms. The molecule has 1 aromatic carbocycles. The third kappa shape index (κ3) is 1.91. The largest absolute Gasteiger partial charge is 0.336 e. The fourth-order valence-electron chi connectivity index (χ4n) is 1.66. The van der Waals surface area contributed by atoms with Crippen LogP contribution in [0.4, 0.5) is 10.5 Å². The predicted octanol–water partition coefficient (Wildman–Crippen LogP) is 1.39. The van der Waals surface area contributed by atoms with Gasteiger partial charge in [0.05, 0.1) is 5.69 Å². The average Bonchev–Trinajstić information content (AvgIpc) is 2.53. The lowest BCUT2D eigenvalue weighted by atomic mass is 10.0. The molecule has 0 spiro atoms. The van der Waals surface area contributed by atoms with E-state index < -0.39 is 17.8 Å². The molecule has 0 saturated carbocycles. The standard InChI is InChI=1S/C12H12N2O3/c1-7(2)8-4-3-5-9(6-8)14-11(16)10(15)13-12(14)17/h3-7H,1-2H3,(H,13,15,17). The number of hydrogen-bond acceptors (Lipinski definition) is 3. The average molecular weight is 232 g/mol. The Hall–Kier alpha value is -2.17. The zero-order valence-corrected chi connectivity index (χ0v) is 9.56. The van der Waals surface area contributed by atoms with Crippen LogP contribution in [0.25, 0.3) is 0 Å². The molecule has 1 saturated heterocycles. The van der Waals surface area contributed by atoms with Crippen molar-refractivity contribution in [2.45, 2.75) is 19.8 Å². The number of nitrogens with zero attached hydrogens (tertiary/aromatic N) is 1. The summed E-state index contributed by atoms with van der Waals surface area (Å²) in [6, 6.07) is 6.34. The number of carbonyl (C=O) groups excluding carboxylic acids is 3. The number of benzene rings is 1. The fraction of sp³-hybridized carbons (Fsp3) is 0.250. The van der Waals surface area contributed by atoms with Gasteiger partial charge in [0, 0.05) is 0 Å². The monoisotopic (exact) mass is 232 g/mol. The summed E-state index contributed by atoms with van der Waals surface area (Å²) in [6.07, 6.45) is 0. The first-order valence-electron chi connectivity index (χ1n) is 5.30. The lowest BCUT2D eigenvalue weighted by Gasteiger charge is -2.13. The van der Waals surface area contributed by atoms with Crippen LogP contribution in [0.15, 0.2) is 24.3 Å². The number of amides is 4. The maximum Gasteiger partial charge on any atom is 0.336 e. The molecule has 4 amide bonds. The van der Waals surface area contributed by atoms with Crippen molar-refractivity contribution in [1.29, 1.82) is 0 Å². The molecule has 1 aliphatic rings. The van der Waals surface area contributed by atoms with E-state index in [9.17, 15) is 14.4 Å². The highest BCUT2D eigenvalue weighted by Crippen LogP contribution is 2.23. The molecule has 88 valence electrons. The maximum atomic E-state index is 11.5. The van der Waals surface area contributed by atoms with Gasteiger partial charge >= 0.3 is 17.8 Å². The minimum atomic E-state index is -0.884. The van der Waals surface area contributed by atoms with Crippen molar-refractivity contribution in [1.82, 2.24) is 5.32 Å². The molecule has 1 aromatic rings. The molecule has 1 fully saturated rings. The van der Waals surface area contributed by atoms with E-state index in [4.69, 9.17) is 0 Å². The highest BCUT2D eigenvalue weighted by atomic mass is 16.2. The number of anilines is 1.